The molecule has 126 valence electrons. The van der Waals surface area contributed by atoms with Crippen molar-refractivity contribution in [1.82, 2.24) is 10.6 Å². The Morgan fingerprint density at radius 3 is 2.08 bits per heavy atom. The number of carbonyl (C=O) groups excluding carboxylic acids is 1. The van der Waals surface area contributed by atoms with Crippen LogP contribution in [0.2, 0.25) is 0 Å². The lowest BCUT2D eigenvalue weighted by Crippen LogP contribution is -2.47. The molecule has 0 saturated carbocycles. The molecular weight excluding hydrogens is 304 g/mol. The number of nitrogens with one attached hydrogen (secondary N) is 2. The normalized spacial score (nSPS) is 11.5. The largest absolute Gasteiger partial charge is 0.480 e. The van der Waals surface area contributed by atoms with E-state index in [0.29, 0.717) is 6.54 Å². The molecule has 0 fully saturated rings. The summed E-state index contributed by atoms with van der Waals surface area (Å²) in [6.45, 7) is 0.498. The number of benzene rings is 2. The summed E-state index contributed by atoms with van der Waals surface area (Å²) in [5, 5.41) is 14.5. The SMILES string of the molecule is O=C(NCCCc1ccccc1)N[C@@H](Cc1ccccc1)C(=O)O. The van der Waals surface area contributed by atoms with Gasteiger partial charge in [-0.05, 0) is 24.0 Å². The third-order valence-corrected chi connectivity index (χ3v) is 3.66. The number of hydrogen-bond donors (Lipinski definition) is 3. The van der Waals surface area contributed by atoms with Gasteiger partial charge in [0.05, 0.1) is 0 Å². The van der Waals surface area contributed by atoms with Crippen molar-refractivity contribution in [2.75, 3.05) is 6.54 Å². The predicted octanol–water partition coefficient (Wildman–Crippen LogP) is 2.61. The zero-order valence-electron chi connectivity index (χ0n) is 13.4. The van der Waals surface area contributed by atoms with Crippen LogP contribution in [0.3, 0.4) is 0 Å². The standard InChI is InChI=1S/C19H22N2O3/c22-18(23)17(14-16-10-5-2-6-11-16)21-19(24)20-13-7-12-15-8-3-1-4-9-15/h1-6,8-11,17H,7,12-14H2,(H,22,23)(H2,20,21,24)/t17-/m0/s1. The first kappa shape index (κ1) is 17.5. The van der Waals surface area contributed by atoms with Gasteiger partial charge in [-0.2, -0.15) is 0 Å². The van der Waals surface area contributed by atoms with Gasteiger partial charge in [-0.15, -0.1) is 0 Å². The number of hydrogen-bond acceptors (Lipinski definition) is 2. The van der Waals surface area contributed by atoms with Crippen molar-refractivity contribution in [3.8, 4) is 0 Å². The van der Waals surface area contributed by atoms with E-state index in [-0.39, 0.29) is 6.42 Å². The number of urea groups is 1. The molecule has 0 spiro atoms. The van der Waals surface area contributed by atoms with Crippen molar-refractivity contribution in [2.24, 2.45) is 0 Å². The first-order valence-electron chi connectivity index (χ1n) is 8.00. The molecule has 0 aliphatic carbocycles. The van der Waals surface area contributed by atoms with Gasteiger partial charge < -0.3 is 15.7 Å². The summed E-state index contributed by atoms with van der Waals surface area (Å²) in [7, 11) is 0. The monoisotopic (exact) mass is 326 g/mol. The quantitative estimate of drug-likeness (QED) is 0.653. The Balaban J connectivity index is 1.73. The van der Waals surface area contributed by atoms with Crippen LogP contribution >= 0.6 is 0 Å². The van der Waals surface area contributed by atoms with Crippen LogP contribution < -0.4 is 10.6 Å². The summed E-state index contributed by atoms with van der Waals surface area (Å²) in [6, 6.07) is 17.9. The fourth-order valence-corrected chi connectivity index (χ4v) is 2.40. The van der Waals surface area contributed by atoms with Crippen molar-refractivity contribution in [1.29, 1.82) is 0 Å². The Hall–Kier alpha value is -2.82. The lowest BCUT2D eigenvalue weighted by molar-refractivity contribution is -0.139. The predicted molar refractivity (Wildman–Crippen MR) is 92.9 cm³/mol. The lowest BCUT2D eigenvalue weighted by Gasteiger charge is -2.15. The minimum atomic E-state index is -1.04. The third-order valence-electron chi connectivity index (χ3n) is 3.66. The van der Waals surface area contributed by atoms with E-state index in [0.717, 1.165) is 18.4 Å². The molecule has 0 unspecified atom stereocenters. The topological polar surface area (TPSA) is 78.4 Å². The second-order valence-electron chi connectivity index (χ2n) is 5.57. The van der Waals surface area contributed by atoms with Crippen LogP contribution in [0.5, 0.6) is 0 Å². The average molecular weight is 326 g/mol. The molecule has 2 rings (SSSR count). The average Bonchev–Trinajstić information content (AvgIpc) is 2.60. The molecule has 24 heavy (non-hydrogen) atoms. The van der Waals surface area contributed by atoms with Crippen LogP contribution in [0.15, 0.2) is 60.7 Å². The van der Waals surface area contributed by atoms with Crippen LogP contribution in [-0.2, 0) is 17.6 Å². The lowest BCUT2D eigenvalue weighted by atomic mass is 10.1. The first-order chi connectivity index (χ1) is 11.6. The number of aryl methyl sites for hydroxylation is 1. The highest BCUT2D eigenvalue weighted by atomic mass is 16.4. The van der Waals surface area contributed by atoms with Gasteiger partial charge in [-0.3, -0.25) is 0 Å². The molecule has 2 amide bonds. The molecule has 0 saturated heterocycles. The van der Waals surface area contributed by atoms with Crippen molar-refractivity contribution < 1.29 is 14.7 Å². The number of amides is 2. The van der Waals surface area contributed by atoms with Gasteiger partial charge in [0.1, 0.15) is 6.04 Å². The van der Waals surface area contributed by atoms with Crippen molar-refractivity contribution in [3.63, 3.8) is 0 Å². The molecule has 5 heteroatoms. The smallest absolute Gasteiger partial charge is 0.326 e. The van der Waals surface area contributed by atoms with Crippen molar-refractivity contribution >= 4 is 12.0 Å². The van der Waals surface area contributed by atoms with Crippen LogP contribution in [0.1, 0.15) is 17.5 Å². The number of rotatable bonds is 8. The number of carbonyl (C=O) groups is 2. The molecule has 0 aliphatic heterocycles. The maximum atomic E-state index is 11.9. The molecule has 0 bridgehead atoms. The van der Waals surface area contributed by atoms with Crippen LogP contribution in [0, 0.1) is 0 Å². The Kier molecular flexibility index (Phi) is 6.83. The molecule has 1 atom stereocenters. The first-order valence-corrected chi connectivity index (χ1v) is 8.00. The van der Waals surface area contributed by atoms with Crippen LogP contribution in [0.25, 0.3) is 0 Å². The fourth-order valence-electron chi connectivity index (χ4n) is 2.40. The molecule has 2 aromatic carbocycles. The van der Waals surface area contributed by atoms with E-state index in [1.807, 2.05) is 60.7 Å². The molecule has 0 heterocycles. The van der Waals surface area contributed by atoms with E-state index >= 15 is 0 Å². The summed E-state index contributed by atoms with van der Waals surface area (Å²) in [4.78, 5) is 23.2. The highest BCUT2D eigenvalue weighted by molar-refractivity contribution is 5.82. The minimum absolute atomic E-state index is 0.258. The Morgan fingerprint density at radius 1 is 0.917 bits per heavy atom. The summed E-state index contributed by atoms with van der Waals surface area (Å²) in [5.41, 5.74) is 2.08. The van der Waals surface area contributed by atoms with Gasteiger partial charge in [-0.25, -0.2) is 9.59 Å². The van der Waals surface area contributed by atoms with E-state index in [1.54, 1.807) is 0 Å². The Bertz CT molecular complexity index is 644. The van der Waals surface area contributed by atoms with Crippen LogP contribution in [0.4, 0.5) is 4.79 Å². The van der Waals surface area contributed by atoms with E-state index in [2.05, 4.69) is 10.6 Å². The second kappa shape index (κ2) is 9.35. The highest BCUT2D eigenvalue weighted by Crippen LogP contribution is 2.04. The van der Waals surface area contributed by atoms with E-state index in [4.69, 9.17) is 0 Å². The summed E-state index contributed by atoms with van der Waals surface area (Å²) in [6.07, 6.45) is 1.93. The van der Waals surface area contributed by atoms with Gasteiger partial charge in [-0.1, -0.05) is 60.7 Å². The van der Waals surface area contributed by atoms with Gasteiger partial charge in [0.25, 0.3) is 0 Å². The summed E-state index contributed by atoms with van der Waals surface area (Å²) >= 11 is 0. The Morgan fingerprint density at radius 2 is 1.50 bits per heavy atom. The van der Waals surface area contributed by atoms with E-state index in [1.165, 1.54) is 5.56 Å². The maximum absolute atomic E-state index is 11.9. The maximum Gasteiger partial charge on any atom is 0.326 e. The third kappa shape index (κ3) is 6.12. The molecular formula is C19H22N2O3. The van der Waals surface area contributed by atoms with E-state index < -0.39 is 18.0 Å². The number of carboxylic acid groups (broad SMARTS) is 1. The van der Waals surface area contributed by atoms with Gasteiger partial charge in [0, 0.05) is 13.0 Å². The summed E-state index contributed by atoms with van der Waals surface area (Å²) < 4.78 is 0. The zero-order valence-corrected chi connectivity index (χ0v) is 13.4. The number of aliphatic carboxylic acids is 1. The minimum Gasteiger partial charge on any atom is -0.480 e. The fraction of sp³-hybridized carbons (Fsp3) is 0.263. The second-order valence-corrected chi connectivity index (χ2v) is 5.57. The van der Waals surface area contributed by atoms with Crippen LogP contribution in [-0.4, -0.2) is 29.7 Å². The Labute approximate surface area is 141 Å². The van der Waals surface area contributed by atoms with Gasteiger partial charge in [0.15, 0.2) is 0 Å². The molecule has 5 nitrogen and oxygen atoms in total. The molecule has 3 N–H and O–H groups in total. The number of carboxylic acids is 1. The molecule has 0 aromatic heterocycles. The van der Waals surface area contributed by atoms with Crippen molar-refractivity contribution in [2.45, 2.75) is 25.3 Å². The zero-order chi connectivity index (χ0) is 17.2. The highest BCUT2D eigenvalue weighted by Gasteiger charge is 2.19. The summed E-state index contributed by atoms with van der Waals surface area (Å²) in [5.74, 6) is -1.04. The van der Waals surface area contributed by atoms with E-state index in [9.17, 15) is 14.7 Å². The molecule has 0 aliphatic rings. The van der Waals surface area contributed by atoms with Gasteiger partial charge >= 0.3 is 12.0 Å². The van der Waals surface area contributed by atoms with Crippen molar-refractivity contribution in [3.05, 3.63) is 71.8 Å². The molecule has 2 aromatic rings. The van der Waals surface area contributed by atoms with Gasteiger partial charge in [0.2, 0.25) is 0 Å². The molecule has 0 radical (unpaired) electrons.